The molecule has 0 fully saturated rings. The summed E-state index contributed by atoms with van der Waals surface area (Å²) in [6, 6.07) is 12.5. The van der Waals surface area contributed by atoms with E-state index in [9.17, 15) is 13.2 Å². The molecule has 0 aliphatic rings. The second kappa shape index (κ2) is 8.00. The summed E-state index contributed by atoms with van der Waals surface area (Å²) < 4.78 is 27.8. The van der Waals surface area contributed by atoms with Crippen molar-refractivity contribution in [3.63, 3.8) is 0 Å². The van der Waals surface area contributed by atoms with Crippen molar-refractivity contribution in [2.24, 2.45) is 5.14 Å². The van der Waals surface area contributed by atoms with Crippen LogP contribution in [0.2, 0.25) is 0 Å². The Morgan fingerprint density at radius 3 is 2.16 bits per heavy atom. The smallest absolute Gasteiger partial charge is 0.246 e. The van der Waals surface area contributed by atoms with Crippen LogP contribution in [0.15, 0.2) is 53.4 Å². The normalized spacial score (nSPS) is 12.3. The lowest BCUT2D eigenvalue weighted by molar-refractivity contribution is -0.116. The Morgan fingerprint density at radius 2 is 1.64 bits per heavy atom. The Morgan fingerprint density at radius 1 is 1.08 bits per heavy atom. The molecular formula is C17H21N3O4S. The van der Waals surface area contributed by atoms with Gasteiger partial charge in [-0.3, -0.25) is 4.79 Å². The molecule has 4 N–H and O–H groups in total. The molecule has 0 spiro atoms. The highest BCUT2D eigenvalue weighted by molar-refractivity contribution is 7.89. The number of primary sulfonamides is 1. The van der Waals surface area contributed by atoms with Crippen molar-refractivity contribution in [1.82, 2.24) is 0 Å². The van der Waals surface area contributed by atoms with Gasteiger partial charge in [0, 0.05) is 11.4 Å². The first-order chi connectivity index (χ1) is 11.8. The molecule has 1 atom stereocenters. The molecule has 134 valence electrons. The average Bonchev–Trinajstić information content (AvgIpc) is 2.56. The fourth-order valence-corrected chi connectivity index (χ4v) is 2.62. The molecule has 25 heavy (non-hydrogen) atoms. The number of amides is 1. The monoisotopic (exact) mass is 363 g/mol. The number of carbonyl (C=O) groups excluding carboxylic acids is 1. The number of sulfonamides is 1. The summed E-state index contributed by atoms with van der Waals surface area (Å²) in [7, 11) is -3.75. The molecule has 0 saturated heterocycles. The summed E-state index contributed by atoms with van der Waals surface area (Å²) in [5.41, 5.74) is 1.27. The molecule has 2 aromatic carbocycles. The van der Waals surface area contributed by atoms with Gasteiger partial charge in [0.15, 0.2) is 0 Å². The van der Waals surface area contributed by atoms with Gasteiger partial charge in [0.2, 0.25) is 15.9 Å². The summed E-state index contributed by atoms with van der Waals surface area (Å²) in [5, 5.41) is 10.8. The lowest BCUT2D eigenvalue weighted by Gasteiger charge is -2.16. The van der Waals surface area contributed by atoms with Gasteiger partial charge in [-0.25, -0.2) is 13.6 Å². The van der Waals surface area contributed by atoms with E-state index in [-0.39, 0.29) is 10.8 Å². The number of ether oxygens (including phenoxy) is 1. The number of benzene rings is 2. The average molecular weight is 363 g/mol. The van der Waals surface area contributed by atoms with Gasteiger partial charge in [-0.15, -0.1) is 0 Å². The van der Waals surface area contributed by atoms with Crippen LogP contribution in [0, 0.1) is 0 Å². The summed E-state index contributed by atoms with van der Waals surface area (Å²) in [4.78, 5) is 12.2. The van der Waals surface area contributed by atoms with Crippen LogP contribution in [0.4, 0.5) is 11.4 Å². The van der Waals surface area contributed by atoms with Gasteiger partial charge in [0.25, 0.3) is 0 Å². The number of hydrogen-bond donors (Lipinski definition) is 3. The van der Waals surface area contributed by atoms with E-state index in [0.29, 0.717) is 12.3 Å². The fourth-order valence-electron chi connectivity index (χ4n) is 2.11. The van der Waals surface area contributed by atoms with Gasteiger partial charge in [-0.2, -0.15) is 0 Å². The van der Waals surface area contributed by atoms with E-state index in [4.69, 9.17) is 9.88 Å². The molecule has 0 bridgehead atoms. The second-order valence-corrected chi connectivity index (χ2v) is 6.94. The van der Waals surface area contributed by atoms with Crippen molar-refractivity contribution in [2.45, 2.75) is 24.8 Å². The topological polar surface area (TPSA) is 111 Å². The molecule has 0 heterocycles. The Balaban J connectivity index is 1.95. The molecular weight excluding hydrogens is 342 g/mol. The maximum absolute atomic E-state index is 12.2. The third kappa shape index (κ3) is 5.47. The van der Waals surface area contributed by atoms with Gasteiger partial charge in [-0.1, -0.05) is 0 Å². The minimum atomic E-state index is -3.75. The highest BCUT2D eigenvalue weighted by atomic mass is 32.2. The van der Waals surface area contributed by atoms with Crippen molar-refractivity contribution in [1.29, 1.82) is 0 Å². The molecule has 0 radical (unpaired) electrons. The highest BCUT2D eigenvalue weighted by Gasteiger charge is 2.14. The van der Waals surface area contributed by atoms with Crippen molar-refractivity contribution < 1.29 is 17.9 Å². The Kier molecular flexibility index (Phi) is 6.00. The zero-order valence-electron chi connectivity index (χ0n) is 14.0. The molecule has 7 nitrogen and oxygen atoms in total. The van der Waals surface area contributed by atoms with Crippen LogP contribution in [0.25, 0.3) is 0 Å². The predicted octanol–water partition coefficient (Wildman–Crippen LogP) is 2.17. The van der Waals surface area contributed by atoms with Crippen LogP contribution in [0.3, 0.4) is 0 Å². The second-order valence-electron chi connectivity index (χ2n) is 5.38. The molecule has 0 aliphatic carbocycles. The van der Waals surface area contributed by atoms with Crippen molar-refractivity contribution >= 4 is 27.3 Å². The summed E-state index contributed by atoms with van der Waals surface area (Å²) >= 11 is 0. The minimum Gasteiger partial charge on any atom is -0.494 e. The third-order valence-electron chi connectivity index (χ3n) is 3.39. The molecule has 0 saturated carbocycles. The Labute approximate surface area is 147 Å². The molecule has 1 unspecified atom stereocenters. The highest BCUT2D eigenvalue weighted by Crippen LogP contribution is 2.17. The van der Waals surface area contributed by atoms with Crippen LogP contribution < -0.4 is 20.5 Å². The van der Waals surface area contributed by atoms with Crippen LogP contribution in [0.1, 0.15) is 13.8 Å². The molecule has 0 aliphatic heterocycles. The van der Waals surface area contributed by atoms with Gasteiger partial charge < -0.3 is 15.4 Å². The maximum Gasteiger partial charge on any atom is 0.246 e. The van der Waals surface area contributed by atoms with E-state index < -0.39 is 16.1 Å². The quantitative estimate of drug-likeness (QED) is 0.698. The lowest BCUT2D eigenvalue weighted by atomic mass is 10.2. The number of anilines is 2. The first kappa shape index (κ1) is 18.8. The first-order valence-corrected chi connectivity index (χ1v) is 9.27. The fraction of sp³-hybridized carbons (Fsp3) is 0.235. The van der Waals surface area contributed by atoms with E-state index in [1.807, 2.05) is 31.2 Å². The zero-order chi connectivity index (χ0) is 18.4. The maximum atomic E-state index is 12.2. The summed E-state index contributed by atoms with van der Waals surface area (Å²) in [6.07, 6.45) is 0. The third-order valence-corrected chi connectivity index (χ3v) is 4.32. The van der Waals surface area contributed by atoms with Crippen molar-refractivity contribution in [3.05, 3.63) is 48.5 Å². The van der Waals surface area contributed by atoms with Gasteiger partial charge in [0.05, 0.1) is 11.5 Å². The number of nitrogens with one attached hydrogen (secondary N) is 2. The molecule has 1 amide bonds. The number of carbonyl (C=O) groups is 1. The van der Waals surface area contributed by atoms with E-state index in [2.05, 4.69) is 10.6 Å². The lowest BCUT2D eigenvalue weighted by Crippen LogP contribution is -2.31. The Bertz CT molecular complexity index is 818. The summed E-state index contributed by atoms with van der Waals surface area (Å²) in [6.45, 7) is 4.23. The predicted molar refractivity (Wildman–Crippen MR) is 97.1 cm³/mol. The standard InChI is InChI=1S/C17H21N3O4S/c1-3-24-15-8-4-13(5-9-15)19-12(2)17(21)20-14-6-10-16(11-7-14)25(18,22)23/h4-12,19H,3H2,1-2H3,(H,20,21)(H2,18,22,23). The zero-order valence-corrected chi connectivity index (χ0v) is 14.8. The number of hydrogen-bond acceptors (Lipinski definition) is 5. The first-order valence-electron chi connectivity index (χ1n) is 7.72. The summed E-state index contributed by atoms with van der Waals surface area (Å²) in [5.74, 6) is 0.511. The van der Waals surface area contributed by atoms with Crippen molar-refractivity contribution in [2.75, 3.05) is 17.2 Å². The van der Waals surface area contributed by atoms with Gasteiger partial charge in [-0.05, 0) is 62.4 Å². The molecule has 2 rings (SSSR count). The molecule has 2 aromatic rings. The van der Waals surface area contributed by atoms with Crippen LogP contribution in [0.5, 0.6) is 5.75 Å². The number of rotatable bonds is 7. The van der Waals surface area contributed by atoms with E-state index in [1.165, 1.54) is 24.3 Å². The van der Waals surface area contributed by atoms with Crippen LogP contribution >= 0.6 is 0 Å². The van der Waals surface area contributed by atoms with Crippen molar-refractivity contribution in [3.8, 4) is 5.75 Å². The van der Waals surface area contributed by atoms with Gasteiger partial charge in [0.1, 0.15) is 11.8 Å². The molecule has 8 heteroatoms. The Hall–Kier alpha value is -2.58. The SMILES string of the molecule is CCOc1ccc(NC(C)C(=O)Nc2ccc(S(N)(=O)=O)cc2)cc1. The molecule has 0 aromatic heterocycles. The van der Waals surface area contributed by atoms with Crippen LogP contribution in [-0.4, -0.2) is 27.0 Å². The minimum absolute atomic E-state index is 0.00828. The number of nitrogens with two attached hydrogens (primary N) is 1. The van der Waals surface area contributed by atoms with Gasteiger partial charge >= 0.3 is 0 Å². The largest absolute Gasteiger partial charge is 0.494 e. The van der Waals surface area contributed by atoms with E-state index >= 15 is 0 Å². The van der Waals surface area contributed by atoms with E-state index in [1.54, 1.807) is 6.92 Å². The van der Waals surface area contributed by atoms with Crippen LogP contribution in [-0.2, 0) is 14.8 Å². The van der Waals surface area contributed by atoms with E-state index in [0.717, 1.165) is 11.4 Å².